The summed E-state index contributed by atoms with van der Waals surface area (Å²) in [6.45, 7) is 6.11. The molecule has 0 fully saturated rings. The molecule has 0 unspecified atom stereocenters. The molecule has 1 aliphatic carbocycles. The first kappa shape index (κ1) is 24.0. The normalized spacial score (nSPS) is 12.8. The van der Waals surface area contributed by atoms with E-state index in [1.165, 1.54) is 6.08 Å². The van der Waals surface area contributed by atoms with E-state index in [2.05, 4.69) is 29.3 Å². The summed E-state index contributed by atoms with van der Waals surface area (Å²) >= 11 is 0. The first-order chi connectivity index (χ1) is 16.0. The Morgan fingerprint density at radius 2 is 1.67 bits per heavy atom. The first-order valence-electron chi connectivity index (χ1n) is 11.2. The Kier molecular flexibility index (Phi) is 8.63. The van der Waals surface area contributed by atoms with E-state index in [4.69, 9.17) is 9.47 Å². The number of alkyl carbamates (subject to hydrolysis) is 1. The molecule has 33 heavy (non-hydrogen) atoms. The first-order valence-corrected chi connectivity index (χ1v) is 11.2. The highest BCUT2D eigenvalue weighted by Crippen LogP contribution is 2.44. The summed E-state index contributed by atoms with van der Waals surface area (Å²) < 4.78 is 10.5. The molecular formula is C26H30N2O5. The van der Waals surface area contributed by atoms with Crippen LogP contribution in [0.25, 0.3) is 11.1 Å². The standard InChI is InChI=1S/C26H30N2O5/c1-3-5-14-27-25(30)23(16-24(29)32-15-4-2)28-26(31)33-17-22-20-12-8-6-10-18(20)19-11-7-9-13-21(19)22/h4,6-13,22-23H,2-3,5,14-17H2,1H3,(H,27,30)(H,28,31)/t23-/m1/s1. The molecule has 2 amide bonds. The third-order valence-electron chi connectivity index (χ3n) is 5.51. The van der Waals surface area contributed by atoms with Gasteiger partial charge in [0.25, 0.3) is 0 Å². The summed E-state index contributed by atoms with van der Waals surface area (Å²) in [5.74, 6) is -1.16. The van der Waals surface area contributed by atoms with Crippen LogP contribution in [0.2, 0.25) is 0 Å². The van der Waals surface area contributed by atoms with Gasteiger partial charge in [-0.25, -0.2) is 4.79 Å². The molecule has 3 rings (SSSR count). The lowest BCUT2D eigenvalue weighted by Crippen LogP contribution is -2.48. The number of hydrogen-bond acceptors (Lipinski definition) is 5. The predicted octanol–water partition coefficient (Wildman–Crippen LogP) is 3.93. The maximum absolute atomic E-state index is 12.6. The van der Waals surface area contributed by atoms with E-state index in [-0.39, 0.29) is 25.6 Å². The molecule has 0 aliphatic heterocycles. The fraction of sp³-hybridized carbons (Fsp3) is 0.346. The van der Waals surface area contributed by atoms with Crippen molar-refractivity contribution in [3.8, 4) is 11.1 Å². The van der Waals surface area contributed by atoms with Crippen LogP contribution in [0.4, 0.5) is 4.79 Å². The Bertz CT molecular complexity index is 958. The van der Waals surface area contributed by atoms with E-state index in [1.54, 1.807) is 0 Å². The molecule has 0 bridgehead atoms. The van der Waals surface area contributed by atoms with Crippen LogP contribution in [0.5, 0.6) is 0 Å². The van der Waals surface area contributed by atoms with Gasteiger partial charge in [-0.2, -0.15) is 0 Å². The van der Waals surface area contributed by atoms with Gasteiger partial charge in [-0.05, 0) is 28.7 Å². The van der Waals surface area contributed by atoms with Crippen LogP contribution < -0.4 is 10.6 Å². The SMILES string of the molecule is C=CCOC(=O)C[C@@H](NC(=O)OCC1c2ccccc2-c2ccccc21)C(=O)NCCCC. The number of ether oxygens (including phenoxy) is 2. The van der Waals surface area contributed by atoms with Gasteiger partial charge >= 0.3 is 12.1 Å². The number of carbonyl (C=O) groups excluding carboxylic acids is 3. The van der Waals surface area contributed by atoms with E-state index in [0.29, 0.717) is 6.54 Å². The van der Waals surface area contributed by atoms with Crippen LogP contribution in [0.15, 0.2) is 61.2 Å². The lowest BCUT2D eigenvalue weighted by molar-refractivity contribution is -0.144. The highest BCUT2D eigenvalue weighted by Gasteiger charge is 2.30. The molecule has 0 saturated heterocycles. The molecule has 7 heteroatoms. The van der Waals surface area contributed by atoms with Crippen molar-refractivity contribution < 1.29 is 23.9 Å². The minimum absolute atomic E-state index is 0.0357. The second-order valence-corrected chi connectivity index (χ2v) is 7.84. The molecule has 0 saturated carbocycles. The molecule has 0 heterocycles. The van der Waals surface area contributed by atoms with Gasteiger partial charge in [-0.15, -0.1) is 0 Å². The summed E-state index contributed by atoms with van der Waals surface area (Å²) in [6, 6.07) is 15.0. The Morgan fingerprint density at radius 1 is 1.03 bits per heavy atom. The zero-order valence-electron chi connectivity index (χ0n) is 18.8. The van der Waals surface area contributed by atoms with Gasteiger partial charge < -0.3 is 20.1 Å². The van der Waals surface area contributed by atoms with E-state index in [9.17, 15) is 14.4 Å². The molecule has 174 valence electrons. The van der Waals surface area contributed by atoms with Gasteiger partial charge in [0.05, 0.1) is 6.42 Å². The van der Waals surface area contributed by atoms with Gasteiger partial charge in [-0.3, -0.25) is 9.59 Å². The van der Waals surface area contributed by atoms with Crippen molar-refractivity contribution in [1.29, 1.82) is 0 Å². The smallest absolute Gasteiger partial charge is 0.407 e. The molecule has 2 aromatic carbocycles. The van der Waals surface area contributed by atoms with Crippen LogP contribution in [-0.2, 0) is 19.1 Å². The number of nitrogens with one attached hydrogen (secondary N) is 2. The van der Waals surface area contributed by atoms with E-state index >= 15 is 0 Å². The molecule has 2 N–H and O–H groups in total. The molecule has 7 nitrogen and oxygen atoms in total. The fourth-order valence-electron chi connectivity index (χ4n) is 3.88. The molecular weight excluding hydrogens is 420 g/mol. The summed E-state index contributed by atoms with van der Waals surface area (Å²) in [7, 11) is 0. The summed E-state index contributed by atoms with van der Waals surface area (Å²) in [4.78, 5) is 37.2. The van der Waals surface area contributed by atoms with Crippen LogP contribution >= 0.6 is 0 Å². The monoisotopic (exact) mass is 450 g/mol. The molecule has 0 aromatic heterocycles. The zero-order chi connectivity index (χ0) is 23.6. The topological polar surface area (TPSA) is 93.7 Å². The zero-order valence-corrected chi connectivity index (χ0v) is 18.8. The highest BCUT2D eigenvalue weighted by atomic mass is 16.5. The van der Waals surface area contributed by atoms with Gasteiger partial charge in [0, 0.05) is 12.5 Å². The number of unbranched alkanes of at least 4 members (excludes halogenated alkanes) is 1. The maximum atomic E-state index is 12.6. The Hall–Kier alpha value is -3.61. The number of fused-ring (bicyclic) bond motifs is 3. The molecule has 1 aliphatic rings. The van der Waals surface area contributed by atoms with Crippen LogP contribution in [0.1, 0.15) is 43.2 Å². The Labute approximate surface area is 194 Å². The average Bonchev–Trinajstić information content (AvgIpc) is 3.15. The van der Waals surface area contributed by atoms with Crippen molar-refractivity contribution in [3.05, 3.63) is 72.3 Å². The van der Waals surface area contributed by atoms with Crippen molar-refractivity contribution in [3.63, 3.8) is 0 Å². The molecule has 0 radical (unpaired) electrons. The quantitative estimate of drug-likeness (QED) is 0.307. The average molecular weight is 451 g/mol. The van der Waals surface area contributed by atoms with Gasteiger partial charge in [0.1, 0.15) is 19.3 Å². The lowest BCUT2D eigenvalue weighted by Gasteiger charge is -2.19. The fourth-order valence-corrected chi connectivity index (χ4v) is 3.88. The van der Waals surface area contributed by atoms with Gasteiger partial charge in [-0.1, -0.05) is 74.5 Å². The summed E-state index contributed by atoms with van der Waals surface area (Å²) in [6.07, 6.45) is 2.09. The van der Waals surface area contributed by atoms with Crippen molar-refractivity contribution in [1.82, 2.24) is 10.6 Å². The van der Waals surface area contributed by atoms with E-state index < -0.39 is 24.0 Å². The second kappa shape index (κ2) is 11.9. The largest absolute Gasteiger partial charge is 0.461 e. The Morgan fingerprint density at radius 3 is 2.27 bits per heavy atom. The number of esters is 1. The summed E-state index contributed by atoms with van der Waals surface area (Å²) in [5, 5.41) is 5.26. The van der Waals surface area contributed by atoms with Crippen molar-refractivity contribution in [2.45, 2.75) is 38.1 Å². The van der Waals surface area contributed by atoms with Crippen molar-refractivity contribution in [2.24, 2.45) is 0 Å². The van der Waals surface area contributed by atoms with Crippen molar-refractivity contribution in [2.75, 3.05) is 19.8 Å². The third kappa shape index (κ3) is 6.22. The number of carbonyl (C=O) groups is 3. The van der Waals surface area contributed by atoms with Crippen LogP contribution in [0, 0.1) is 0 Å². The number of hydrogen-bond donors (Lipinski definition) is 2. The third-order valence-corrected chi connectivity index (χ3v) is 5.51. The van der Waals surface area contributed by atoms with Crippen molar-refractivity contribution >= 4 is 18.0 Å². The van der Waals surface area contributed by atoms with E-state index in [0.717, 1.165) is 35.1 Å². The molecule has 2 aromatic rings. The van der Waals surface area contributed by atoms with Crippen LogP contribution in [0.3, 0.4) is 0 Å². The summed E-state index contributed by atoms with van der Waals surface area (Å²) in [5.41, 5.74) is 4.43. The molecule has 0 spiro atoms. The number of benzene rings is 2. The lowest BCUT2D eigenvalue weighted by atomic mass is 9.98. The maximum Gasteiger partial charge on any atom is 0.407 e. The van der Waals surface area contributed by atoms with Crippen LogP contribution in [-0.4, -0.2) is 43.8 Å². The minimum Gasteiger partial charge on any atom is -0.461 e. The van der Waals surface area contributed by atoms with Gasteiger partial charge in [0.15, 0.2) is 0 Å². The minimum atomic E-state index is -1.09. The number of amides is 2. The number of rotatable bonds is 11. The highest BCUT2D eigenvalue weighted by molar-refractivity contribution is 5.89. The second-order valence-electron chi connectivity index (χ2n) is 7.84. The Balaban J connectivity index is 1.64. The molecule has 1 atom stereocenters. The predicted molar refractivity (Wildman–Crippen MR) is 126 cm³/mol. The van der Waals surface area contributed by atoms with Gasteiger partial charge in [0.2, 0.25) is 5.91 Å². The van der Waals surface area contributed by atoms with E-state index in [1.807, 2.05) is 43.3 Å².